The number of hydrazine groups is 1. The SMILES string of the molecule is O=C(CN(C(=O)c1ccc(Cl)c(Cl)c1)N1C(=O)c2c(Br)c(Br)c(Br)c(Br)c2C1=O)c1cccc([N+](=O)[O-])c1. The molecule has 0 N–H and O–H groups in total. The normalized spacial score (nSPS) is 12.5. The number of rotatable bonds is 6. The number of amides is 3. The molecule has 3 aromatic carbocycles. The predicted octanol–water partition coefficient (Wildman–Crippen LogP) is 7.49. The molecule has 1 aliphatic rings. The maximum atomic E-state index is 13.7. The van der Waals surface area contributed by atoms with E-state index in [1.807, 2.05) is 0 Å². The van der Waals surface area contributed by atoms with Gasteiger partial charge in [0.15, 0.2) is 5.78 Å². The topological polar surface area (TPSA) is 118 Å². The number of nitro benzene ring substituents is 1. The van der Waals surface area contributed by atoms with Gasteiger partial charge in [-0.3, -0.25) is 29.3 Å². The zero-order chi connectivity index (χ0) is 28.0. The fraction of sp³-hybridized carbons (Fsp3) is 0.0435. The molecule has 3 aromatic rings. The molecule has 0 aromatic heterocycles. The van der Waals surface area contributed by atoms with Crippen LogP contribution in [0.3, 0.4) is 0 Å². The molecule has 4 rings (SSSR count). The molecule has 0 unspecified atom stereocenters. The van der Waals surface area contributed by atoms with E-state index >= 15 is 0 Å². The first-order chi connectivity index (χ1) is 17.8. The predicted molar refractivity (Wildman–Crippen MR) is 153 cm³/mol. The molecule has 0 fully saturated rings. The maximum Gasteiger partial charge on any atom is 0.282 e. The van der Waals surface area contributed by atoms with Crippen LogP contribution < -0.4 is 0 Å². The lowest BCUT2D eigenvalue weighted by Crippen LogP contribution is -2.51. The van der Waals surface area contributed by atoms with Crippen molar-refractivity contribution in [2.24, 2.45) is 0 Å². The third-order valence-corrected chi connectivity index (χ3v) is 10.9. The Morgan fingerprint density at radius 2 is 1.42 bits per heavy atom. The largest absolute Gasteiger partial charge is 0.292 e. The summed E-state index contributed by atoms with van der Waals surface area (Å²) in [6.07, 6.45) is 0. The summed E-state index contributed by atoms with van der Waals surface area (Å²) in [5, 5.41) is 12.6. The van der Waals surface area contributed by atoms with Gasteiger partial charge in [0.2, 0.25) is 0 Å². The van der Waals surface area contributed by atoms with Gasteiger partial charge in [0.1, 0.15) is 6.54 Å². The number of hydrogen-bond donors (Lipinski definition) is 0. The number of nitro groups is 1. The fourth-order valence-electron chi connectivity index (χ4n) is 3.59. The Morgan fingerprint density at radius 3 is 1.95 bits per heavy atom. The van der Waals surface area contributed by atoms with Crippen LogP contribution in [0.4, 0.5) is 5.69 Å². The summed E-state index contributed by atoms with van der Waals surface area (Å²) in [7, 11) is 0. The third kappa shape index (κ3) is 5.07. The van der Waals surface area contributed by atoms with Gasteiger partial charge >= 0.3 is 0 Å². The monoisotopic (exact) mass is 809 g/mol. The number of fused-ring (bicyclic) bond motifs is 1. The van der Waals surface area contributed by atoms with E-state index in [0.717, 1.165) is 6.07 Å². The fourth-order valence-corrected chi connectivity index (χ4v) is 6.34. The lowest BCUT2D eigenvalue weighted by molar-refractivity contribution is -0.384. The summed E-state index contributed by atoms with van der Waals surface area (Å²) in [6, 6.07) is 8.76. The molecule has 38 heavy (non-hydrogen) atoms. The van der Waals surface area contributed by atoms with E-state index in [1.165, 1.54) is 36.4 Å². The Balaban J connectivity index is 1.83. The molecule has 1 heterocycles. The van der Waals surface area contributed by atoms with E-state index in [2.05, 4.69) is 63.7 Å². The number of carbonyl (C=O) groups excluding carboxylic acids is 4. The van der Waals surface area contributed by atoms with Gasteiger partial charge in [0.25, 0.3) is 23.4 Å². The van der Waals surface area contributed by atoms with Gasteiger partial charge < -0.3 is 0 Å². The number of ketones is 1. The number of hydrogen-bond acceptors (Lipinski definition) is 6. The number of benzene rings is 3. The maximum absolute atomic E-state index is 13.7. The Bertz CT molecular complexity index is 1550. The standard InChI is InChI=1S/C23H9Br4Cl2N3O6/c24-17-15-16(18(25)20(27)19(17)26)23(36)31(22(15)35)30(21(34)10-4-5-12(28)13(29)7-10)8-14(33)9-2-1-3-11(6-9)32(37)38/h1-7H,8H2. The van der Waals surface area contributed by atoms with Crippen LogP contribution in [-0.4, -0.2) is 45.0 Å². The van der Waals surface area contributed by atoms with Gasteiger partial charge in [0.05, 0.1) is 26.1 Å². The molecule has 1 aliphatic heterocycles. The zero-order valence-corrected chi connectivity index (χ0v) is 26.2. The van der Waals surface area contributed by atoms with E-state index in [4.69, 9.17) is 23.2 Å². The molecule has 194 valence electrons. The Labute approximate surface area is 257 Å². The molecule has 9 nitrogen and oxygen atoms in total. The van der Waals surface area contributed by atoms with Crippen molar-refractivity contribution in [3.63, 3.8) is 0 Å². The number of carbonyl (C=O) groups is 4. The molecule has 0 saturated heterocycles. The molecule has 0 atom stereocenters. The van der Waals surface area contributed by atoms with Crippen LogP contribution in [0.2, 0.25) is 10.0 Å². The second kappa shape index (κ2) is 11.1. The summed E-state index contributed by atoms with van der Waals surface area (Å²) in [5.74, 6) is -3.45. The van der Waals surface area contributed by atoms with Crippen LogP contribution in [0.25, 0.3) is 0 Å². The molecular formula is C23H9Br4Cl2N3O6. The summed E-state index contributed by atoms with van der Waals surface area (Å²) in [5.41, 5.74) is -0.612. The number of imide groups is 1. The highest BCUT2D eigenvalue weighted by Gasteiger charge is 2.46. The van der Waals surface area contributed by atoms with Crippen molar-refractivity contribution in [1.82, 2.24) is 10.0 Å². The minimum Gasteiger partial charge on any atom is -0.292 e. The minimum absolute atomic E-state index is 0.0307. The van der Waals surface area contributed by atoms with E-state index in [-0.39, 0.29) is 46.9 Å². The molecule has 0 bridgehead atoms. The van der Waals surface area contributed by atoms with Crippen LogP contribution in [0, 0.1) is 10.1 Å². The summed E-state index contributed by atoms with van der Waals surface area (Å²) >= 11 is 25.3. The van der Waals surface area contributed by atoms with Crippen LogP contribution in [-0.2, 0) is 0 Å². The Kier molecular flexibility index (Phi) is 8.46. The van der Waals surface area contributed by atoms with Crippen molar-refractivity contribution in [3.05, 3.63) is 103 Å². The minimum atomic E-state index is -0.915. The van der Waals surface area contributed by atoms with Gasteiger partial charge in [-0.2, -0.15) is 5.01 Å². The second-order valence-corrected chi connectivity index (χ2v) is 11.6. The molecule has 0 saturated carbocycles. The van der Waals surface area contributed by atoms with Crippen molar-refractivity contribution in [3.8, 4) is 0 Å². The summed E-state index contributed by atoms with van der Waals surface area (Å²) < 4.78 is 1.35. The second-order valence-electron chi connectivity index (χ2n) is 7.65. The highest BCUT2D eigenvalue weighted by Crippen LogP contribution is 2.45. The van der Waals surface area contributed by atoms with Crippen molar-refractivity contribution in [1.29, 1.82) is 0 Å². The molecule has 3 amide bonds. The zero-order valence-electron chi connectivity index (χ0n) is 18.3. The van der Waals surface area contributed by atoms with E-state index < -0.39 is 35.0 Å². The number of nitrogens with zero attached hydrogens (tertiary/aromatic N) is 3. The Morgan fingerprint density at radius 1 is 0.842 bits per heavy atom. The van der Waals surface area contributed by atoms with E-state index in [9.17, 15) is 29.3 Å². The highest BCUT2D eigenvalue weighted by molar-refractivity contribution is 9.15. The molecular weight excluding hydrogens is 805 g/mol. The first-order valence-corrected chi connectivity index (χ1v) is 14.1. The average molecular weight is 814 g/mol. The van der Waals surface area contributed by atoms with Crippen molar-refractivity contribution in [2.45, 2.75) is 0 Å². The van der Waals surface area contributed by atoms with E-state index in [0.29, 0.717) is 19.0 Å². The van der Waals surface area contributed by atoms with E-state index in [1.54, 1.807) is 0 Å². The van der Waals surface area contributed by atoms with Crippen LogP contribution in [0.15, 0.2) is 60.4 Å². The summed E-state index contributed by atoms with van der Waals surface area (Å²) in [6.45, 7) is -0.802. The highest BCUT2D eigenvalue weighted by atomic mass is 79.9. The molecule has 15 heteroatoms. The van der Waals surface area contributed by atoms with Gasteiger partial charge in [-0.1, -0.05) is 35.3 Å². The number of non-ortho nitro benzene ring substituents is 1. The van der Waals surface area contributed by atoms with Gasteiger partial charge in [-0.05, 0) is 81.9 Å². The third-order valence-electron chi connectivity index (χ3n) is 5.39. The van der Waals surface area contributed by atoms with Crippen molar-refractivity contribution < 1.29 is 24.1 Å². The smallest absolute Gasteiger partial charge is 0.282 e. The molecule has 0 radical (unpaired) electrons. The number of halogens is 6. The van der Waals surface area contributed by atoms with Gasteiger partial charge in [-0.15, -0.1) is 0 Å². The lowest BCUT2D eigenvalue weighted by Gasteiger charge is -2.29. The van der Waals surface area contributed by atoms with Crippen LogP contribution in [0.1, 0.15) is 41.4 Å². The summed E-state index contributed by atoms with van der Waals surface area (Å²) in [4.78, 5) is 64.6. The van der Waals surface area contributed by atoms with Gasteiger partial charge in [-0.25, -0.2) is 5.01 Å². The lowest BCUT2D eigenvalue weighted by atomic mass is 10.1. The van der Waals surface area contributed by atoms with Crippen LogP contribution >= 0.6 is 86.9 Å². The molecule has 0 spiro atoms. The van der Waals surface area contributed by atoms with Crippen molar-refractivity contribution >= 4 is 116 Å². The Hall–Kier alpha value is -2.16. The first kappa shape index (κ1) is 28.8. The first-order valence-electron chi connectivity index (χ1n) is 10.1. The van der Waals surface area contributed by atoms with Crippen LogP contribution in [0.5, 0.6) is 0 Å². The van der Waals surface area contributed by atoms with Crippen molar-refractivity contribution in [2.75, 3.05) is 6.54 Å². The van der Waals surface area contributed by atoms with Gasteiger partial charge in [0, 0.05) is 41.2 Å². The quantitative estimate of drug-likeness (QED) is 0.0636. The molecule has 0 aliphatic carbocycles. The average Bonchev–Trinajstić information content (AvgIpc) is 3.15. The number of Topliss-reactive ketones (excluding diaryl/α,β-unsaturated/α-hetero) is 1.